The number of likely N-dealkylation sites (N-methyl/N-ethyl adjacent to an activating group) is 1. The van der Waals surface area contributed by atoms with E-state index in [1.54, 1.807) is 12.1 Å². The first-order valence-electron chi connectivity index (χ1n) is 8.69. The van der Waals surface area contributed by atoms with Crippen molar-refractivity contribution in [2.24, 2.45) is 10.9 Å². The SMILES string of the molecule is CCNC(=NCc1cccc(OC(F)F)c1)N(C)CCOCC1CC1.I. The number of halogens is 3. The van der Waals surface area contributed by atoms with Crippen LogP contribution in [0.15, 0.2) is 29.3 Å². The van der Waals surface area contributed by atoms with E-state index in [1.165, 1.54) is 18.9 Å². The van der Waals surface area contributed by atoms with Gasteiger partial charge in [0.05, 0.1) is 13.2 Å². The molecular weight excluding hydrogens is 455 g/mol. The molecule has 0 spiro atoms. The average Bonchev–Trinajstić information content (AvgIpc) is 3.39. The largest absolute Gasteiger partial charge is 0.435 e. The molecule has 0 bridgehead atoms. The molecule has 0 saturated heterocycles. The number of ether oxygens (including phenoxy) is 2. The Balaban J connectivity index is 0.00000338. The number of alkyl halides is 2. The van der Waals surface area contributed by atoms with Gasteiger partial charge in [0.15, 0.2) is 5.96 Å². The third-order valence-corrected chi connectivity index (χ3v) is 3.85. The zero-order valence-electron chi connectivity index (χ0n) is 15.3. The lowest BCUT2D eigenvalue weighted by Gasteiger charge is -2.22. The molecule has 1 aliphatic carbocycles. The van der Waals surface area contributed by atoms with Crippen LogP contribution in [0.3, 0.4) is 0 Å². The van der Waals surface area contributed by atoms with E-state index in [4.69, 9.17) is 4.74 Å². The van der Waals surface area contributed by atoms with Gasteiger partial charge in [-0.25, -0.2) is 4.99 Å². The van der Waals surface area contributed by atoms with Crippen LogP contribution in [0.2, 0.25) is 0 Å². The van der Waals surface area contributed by atoms with Crippen LogP contribution in [0.4, 0.5) is 8.78 Å². The Kier molecular flexibility index (Phi) is 10.8. The zero-order chi connectivity index (χ0) is 18.1. The fraction of sp³-hybridized carbons (Fsp3) is 0.611. The molecule has 1 N–H and O–H groups in total. The second-order valence-electron chi connectivity index (χ2n) is 6.14. The summed E-state index contributed by atoms with van der Waals surface area (Å²) in [4.78, 5) is 6.57. The lowest BCUT2D eigenvalue weighted by Crippen LogP contribution is -2.40. The summed E-state index contributed by atoms with van der Waals surface area (Å²) in [7, 11) is 1.96. The predicted molar refractivity (Wildman–Crippen MR) is 109 cm³/mol. The smallest absolute Gasteiger partial charge is 0.387 e. The molecule has 8 heteroatoms. The van der Waals surface area contributed by atoms with Gasteiger partial charge in [-0.15, -0.1) is 24.0 Å². The van der Waals surface area contributed by atoms with Gasteiger partial charge >= 0.3 is 6.61 Å². The molecule has 0 heterocycles. The summed E-state index contributed by atoms with van der Waals surface area (Å²) in [6, 6.07) is 6.61. The zero-order valence-corrected chi connectivity index (χ0v) is 17.6. The highest BCUT2D eigenvalue weighted by molar-refractivity contribution is 14.0. The van der Waals surface area contributed by atoms with Crippen molar-refractivity contribution in [1.29, 1.82) is 0 Å². The summed E-state index contributed by atoms with van der Waals surface area (Å²) >= 11 is 0. The van der Waals surface area contributed by atoms with Crippen molar-refractivity contribution in [3.8, 4) is 5.75 Å². The molecule has 0 atom stereocenters. The standard InChI is InChI=1S/C18H27F2N3O2.HI/c1-3-21-18(23(2)9-10-24-13-14-7-8-14)22-12-15-5-4-6-16(11-15)25-17(19)20;/h4-6,11,14,17H,3,7-10,12-13H2,1-2H3,(H,21,22);1H. The Morgan fingerprint density at radius 3 is 2.81 bits per heavy atom. The van der Waals surface area contributed by atoms with E-state index in [1.807, 2.05) is 24.9 Å². The maximum absolute atomic E-state index is 12.3. The van der Waals surface area contributed by atoms with E-state index in [0.717, 1.165) is 37.1 Å². The lowest BCUT2D eigenvalue weighted by molar-refractivity contribution is -0.0498. The fourth-order valence-corrected chi connectivity index (χ4v) is 2.30. The molecule has 2 rings (SSSR count). The molecule has 5 nitrogen and oxygen atoms in total. The van der Waals surface area contributed by atoms with E-state index < -0.39 is 6.61 Å². The summed E-state index contributed by atoms with van der Waals surface area (Å²) in [6.07, 6.45) is 2.57. The minimum atomic E-state index is -2.82. The van der Waals surface area contributed by atoms with Gasteiger partial charge in [0.1, 0.15) is 5.75 Å². The molecule has 0 aromatic heterocycles. The molecule has 26 heavy (non-hydrogen) atoms. The summed E-state index contributed by atoms with van der Waals surface area (Å²) in [6.45, 7) is 2.57. The van der Waals surface area contributed by atoms with Crippen LogP contribution in [-0.4, -0.2) is 50.8 Å². The number of aliphatic imine (C=N–C) groups is 1. The first-order valence-corrected chi connectivity index (χ1v) is 8.69. The maximum atomic E-state index is 12.3. The quantitative estimate of drug-likeness (QED) is 0.239. The van der Waals surface area contributed by atoms with Crippen LogP contribution >= 0.6 is 24.0 Å². The second kappa shape index (κ2) is 12.3. The van der Waals surface area contributed by atoms with Crippen LogP contribution in [-0.2, 0) is 11.3 Å². The molecule has 1 aromatic rings. The van der Waals surface area contributed by atoms with Crippen LogP contribution in [0, 0.1) is 5.92 Å². The first kappa shape index (κ1) is 22.9. The third kappa shape index (κ3) is 8.98. The van der Waals surface area contributed by atoms with E-state index in [-0.39, 0.29) is 29.7 Å². The summed E-state index contributed by atoms with van der Waals surface area (Å²) in [5, 5.41) is 3.23. The fourth-order valence-electron chi connectivity index (χ4n) is 2.30. The van der Waals surface area contributed by atoms with Crippen LogP contribution in [0.5, 0.6) is 5.75 Å². The molecule has 0 amide bonds. The highest BCUT2D eigenvalue weighted by atomic mass is 127. The molecule has 0 aliphatic heterocycles. The van der Waals surface area contributed by atoms with Crippen molar-refractivity contribution in [2.75, 3.05) is 33.4 Å². The van der Waals surface area contributed by atoms with Crippen LogP contribution in [0.25, 0.3) is 0 Å². The topological polar surface area (TPSA) is 46.1 Å². The van der Waals surface area contributed by atoms with Gasteiger partial charge in [-0.1, -0.05) is 12.1 Å². The maximum Gasteiger partial charge on any atom is 0.387 e. The molecule has 1 aliphatic rings. The Morgan fingerprint density at radius 1 is 1.38 bits per heavy atom. The number of benzene rings is 1. The highest BCUT2D eigenvalue weighted by Crippen LogP contribution is 2.28. The Morgan fingerprint density at radius 2 is 2.15 bits per heavy atom. The Bertz CT molecular complexity index is 557. The molecular formula is C18H28F2IN3O2. The number of guanidine groups is 1. The van der Waals surface area contributed by atoms with Gasteiger partial charge in [-0.2, -0.15) is 8.78 Å². The van der Waals surface area contributed by atoms with Gasteiger partial charge in [-0.05, 0) is 43.4 Å². The minimum Gasteiger partial charge on any atom is -0.435 e. The van der Waals surface area contributed by atoms with Gasteiger partial charge in [-0.3, -0.25) is 0 Å². The molecule has 1 fully saturated rings. The van der Waals surface area contributed by atoms with Crippen molar-refractivity contribution in [3.63, 3.8) is 0 Å². The van der Waals surface area contributed by atoms with Gasteiger partial charge in [0, 0.05) is 26.7 Å². The van der Waals surface area contributed by atoms with Crippen molar-refractivity contribution in [1.82, 2.24) is 10.2 Å². The van der Waals surface area contributed by atoms with Crippen molar-refractivity contribution < 1.29 is 18.3 Å². The first-order chi connectivity index (χ1) is 12.1. The Labute approximate surface area is 171 Å². The summed E-state index contributed by atoms with van der Waals surface area (Å²) < 4.78 is 34.7. The van der Waals surface area contributed by atoms with Crippen molar-refractivity contribution in [2.45, 2.75) is 32.9 Å². The predicted octanol–water partition coefficient (Wildman–Crippen LogP) is 3.73. The molecule has 0 unspecified atom stereocenters. The number of rotatable bonds is 10. The number of hydrogen-bond acceptors (Lipinski definition) is 3. The lowest BCUT2D eigenvalue weighted by atomic mass is 10.2. The number of nitrogens with zero attached hydrogens (tertiary/aromatic N) is 2. The summed E-state index contributed by atoms with van der Waals surface area (Å²) in [5.74, 6) is 1.67. The number of hydrogen-bond donors (Lipinski definition) is 1. The van der Waals surface area contributed by atoms with E-state index >= 15 is 0 Å². The van der Waals surface area contributed by atoms with Gasteiger partial charge in [0.2, 0.25) is 0 Å². The molecule has 1 saturated carbocycles. The van der Waals surface area contributed by atoms with E-state index in [0.29, 0.717) is 13.2 Å². The third-order valence-electron chi connectivity index (χ3n) is 3.85. The van der Waals surface area contributed by atoms with E-state index in [9.17, 15) is 8.78 Å². The van der Waals surface area contributed by atoms with Gasteiger partial charge < -0.3 is 19.7 Å². The average molecular weight is 483 g/mol. The van der Waals surface area contributed by atoms with E-state index in [2.05, 4.69) is 15.0 Å². The monoisotopic (exact) mass is 483 g/mol. The van der Waals surface area contributed by atoms with Crippen molar-refractivity contribution >= 4 is 29.9 Å². The molecule has 148 valence electrons. The second-order valence-corrected chi connectivity index (χ2v) is 6.14. The summed E-state index contributed by atoms with van der Waals surface area (Å²) in [5.41, 5.74) is 0.812. The molecule has 1 aromatic carbocycles. The minimum absolute atomic E-state index is 0. The normalized spacial score (nSPS) is 14.1. The Hall–Kier alpha value is -1.16. The van der Waals surface area contributed by atoms with Crippen LogP contribution in [0.1, 0.15) is 25.3 Å². The van der Waals surface area contributed by atoms with Crippen molar-refractivity contribution in [3.05, 3.63) is 29.8 Å². The van der Waals surface area contributed by atoms with Gasteiger partial charge in [0.25, 0.3) is 0 Å². The van der Waals surface area contributed by atoms with Crippen LogP contribution < -0.4 is 10.1 Å². The molecule has 0 radical (unpaired) electrons. The highest BCUT2D eigenvalue weighted by Gasteiger charge is 2.21. The number of nitrogens with one attached hydrogen (secondary N) is 1.